The van der Waals surface area contributed by atoms with Gasteiger partial charge in [-0.15, -0.1) is 22.9 Å². The molecule has 1 aliphatic rings. The molecule has 0 aromatic carbocycles. The van der Waals surface area contributed by atoms with E-state index in [2.05, 4.69) is 13.0 Å². The van der Waals surface area contributed by atoms with Crippen molar-refractivity contribution >= 4 is 34.5 Å². The molecule has 2 heterocycles. The van der Waals surface area contributed by atoms with Gasteiger partial charge >= 0.3 is 0 Å². The first kappa shape index (κ1) is 12.7. The van der Waals surface area contributed by atoms with Gasteiger partial charge in [-0.05, 0) is 31.4 Å². The van der Waals surface area contributed by atoms with Gasteiger partial charge in [0.05, 0.1) is 15.8 Å². The molecule has 0 bridgehead atoms. The van der Waals surface area contributed by atoms with Crippen molar-refractivity contribution in [1.82, 2.24) is 0 Å². The van der Waals surface area contributed by atoms with Gasteiger partial charge in [-0.1, -0.05) is 18.5 Å². The minimum atomic E-state index is 0.0450. The zero-order chi connectivity index (χ0) is 11.7. The summed E-state index contributed by atoms with van der Waals surface area (Å²) in [6.07, 6.45) is 2.40. The Morgan fingerprint density at radius 1 is 1.62 bits per heavy atom. The topological polar surface area (TPSA) is 9.23 Å². The van der Waals surface area contributed by atoms with Crippen molar-refractivity contribution in [2.24, 2.45) is 5.92 Å². The normalized spacial score (nSPS) is 27.2. The van der Waals surface area contributed by atoms with Crippen LogP contribution in [0.1, 0.15) is 35.6 Å². The van der Waals surface area contributed by atoms with E-state index in [1.54, 1.807) is 11.3 Å². The summed E-state index contributed by atoms with van der Waals surface area (Å²) in [7, 11) is 0. The van der Waals surface area contributed by atoms with Gasteiger partial charge in [-0.3, -0.25) is 0 Å². The molecule has 1 aromatic rings. The van der Waals surface area contributed by atoms with Crippen LogP contribution < -0.4 is 0 Å². The Kier molecular flexibility index (Phi) is 4.17. The number of ether oxygens (including phenoxy) is 1. The second-order valence-corrected chi connectivity index (χ2v) is 6.43. The number of alkyl halides is 1. The zero-order valence-corrected chi connectivity index (χ0v) is 11.8. The van der Waals surface area contributed by atoms with Gasteiger partial charge in [0.2, 0.25) is 0 Å². The van der Waals surface area contributed by atoms with E-state index in [0.717, 1.165) is 29.3 Å². The molecule has 1 aromatic heterocycles. The lowest BCUT2D eigenvalue weighted by atomic mass is 9.94. The van der Waals surface area contributed by atoms with Gasteiger partial charge in [0, 0.05) is 17.4 Å². The van der Waals surface area contributed by atoms with Gasteiger partial charge in [0.25, 0.3) is 0 Å². The highest BCUT2D eigenvalue weighted by molar-refractivity contribution is 7.16. The van der Waals surface area contributed by atoms with Gasteiger partial charge in [-0.2, -0.15) is 0 Å². The van der Waals surface area contributed by atoms with Crippen molar-refractivity contribution in [3.8, 4) is 0 Å². The van der Waals surface area contributed by atoms with E-state index >= 15 is 0 Å². The summed E-state index contributed by atoms with van der Waals surface area (Å²) in [5.41, 5.74) is 1.12. The minimum absolute atomic E-state index is 0.0450. The summed E-state index contributed by atoms with van der Waals surface area (Å²) < 4.78 is 6.54. The van der Waals surface area contributed by atoms with Gasteiger partial charge in [-0.25, -0.2) is 0 Å². The summed E-state index contributed by atoms with van der Waals surface area (Å²) in [6, 6.07) is 2.11. The molecule has 0 saturated carbocycles. The number of hydrogen-bond donors (Lipinski definition) is 0. The fraction of sp³-hybridized carbons (Fsp3) is 0.667. The quantitative estimate of drug-likeness (QED) is 0.722. The van der Waals surface area contributed by atoms with Crippen LogP contribution in [-0.2, 0) is 4.74 Å². The Hall–Kier alpha value is 0.240. The number of aryl methyl sites for hydroxylation is 1. The first-order valence-corrected chi connectivity index (χ1v) is 7.28. The molecule has 0 aliphatic carbocycles. The van der Waals surface area contributed by atoms with E-state index in [-0.39, 0.29) is 5.38 Å². The molecular weight excluding hydrogens is 263 g/mol. The maximum atomic E-state index is 6.54. The van der Waals surface area contributed by atoms with Crippen LogP contribution in [0.5, 0.6) is 0 Å². The molecule has 1 saturated heterocycles. The number of thiophene rings is 1. The fourth-order valence-electron chi connectivity index (χ4n) is 2.25. The smallest absolute Gasteiger partial charge is 0.0960 e. The maximum absolute atomic E-state index is 6.54. The Labute approximate surface area is 111 Å². The molecule has 2 rings (SSSR count). The van der Waals surface area contributed by atoms with Crippen LogP contribution in [0.15, 0.2) is 6.07 Å². The van der Waals surface area contributed by atoms with Crippen molar-refractivity contribution in [3.05, 3.63) is 20.8 Å². The van der Waals surface area contributed by atoms with Crippen LogP contribution in [0.2, 0.25) is 4.34 Å². The zero-order valence-electron chi connectivity index (χ0n) is 9.50. The number of rotatable bonds is 3. The minimum Gasteiger partial charge on any atom is -0.378 e. The summed E-state index contributed by atoms with van der Waals surface area (Å²) >= 11 is 14.2. The molecule has 16 heavy (non-hydrogen) atoms. The first-order valence-electron chi connectivity index (χ1n) is 5.65. The molecule has 0 spiro atoms. The van der Waals surface area contributed by atoms with Crippen molar-refractivity contribution in [3.63, 3.8) is 0 Å². The van der Waals surface area contributed by atoms with Crippen molar-refractivity contribution in [1.29, 1.82) is 0 Å². The highest BCUT2D eigenvalue weighted by Gasteiger charge is 2.34. The van der Waals surface area contributed by atoms with Crippen molar-refractivity contribution in [2.75, 3.05) is 6.61 Å². The van der Waals surface area contributed by atoms with Gasteiger partial charge < -0.3 is 4.74 Å². The molecule has 4 heteroatoms. The second-order valence-electron chi connectivity index (χ2n) is 4.28. The highest BCUT2D eigenvalue weighted by Crippen LogP contribution is 2.43. The third-order valence-electron chi connectivity index (χ3n) is 3.19. The monoisotopic (exact) mass is 278 g/mol. The molecule has 3 atom stereocenters. The Bertz CT molecular complexity index is 344. The molecule has 0 amide bonds. The molecule has 3 unspecified atom stereocenters. The largest absolute Gasteiger partial charge is 0.378 e. The predicted octanol–water partition coefficient (Wildman–Crippen LogP) is 4.80. The van der Waals surface area contributed by atoms with E-state index in [0.29, 0.717) is 12.0 Å². The van der Waals surface area contributed by atoms with E-state index in [9.17, 15) is 0 Å². The van der Waals surface area contributed by atoms with Crippen LogP contribution in [0.3, 0.4) is 0 Å². The molecule has 0 radical (unpaired) electrons. The lowest BCUT2D eigenvalue weighted by Crippen LogP contribution is -2.18. The first-order chi connectivity index (χ1) is 7.63. The summed E-state index contributed by atoms with van der Waals surface area (Å²) in [5.74, 6) is 0.431. The standard InChI is InChI=1S/C12H16Cl2OS/c1-3-9-8(4-5-15-9)11(13)10-6-7(2)12(14)16-10/h6,8-9,11H,3-5H2,1-2H3. The van der Waals surface area contributed by atoms with Crippen LogP contribution in [-0.4, -0.2) is 12.7 Å². The summed E-state index contributed by atoms with van der Waals surface area (Å²) in [5, 5.41) is 0.0450. The van der Waals surface area contributed by atoms with Crippen LogP contribution in [0.25, 0.3) is 0 Å². The average Bonchev–Trinajstić information content (AvgIpc) is 2.85. The highest BCUT2D eigenvalue weighted by atomic mass is 35.5. The molecule has 1 aliphatic heterocycles. The third-order valence-corrected chi connectivity index (χ3v) is 5.51. The van der Waals surface area contributed by atoms with E-state index in [4.69, 9.17) is 27.9 Å². The lowest BCUT2D eigenvalue weighted by molar-refractivity contribution is 0.0866. The number of halogens is 2. The second kappa shape index (κ2) is 5.26. The lowest BCUT2D eigenvalue weighted by Gasteiger charge is -2.20. The fourth-order valence-corrected chi connectivity index (χ4v) is 4.01. The Balaban J connectivity index is 2.14. The van der Waals surface area contributed by atoms with E-state index < -0.39 is 0 Å². The molecular formula is C12H16Cl2OS. The summed E-state index contributed by atoms with van der Waals surface area (Å²) in [6.45, 7) is 5.01. The van der Waals surface area contributed by atoms with Crippen LogP contribution in [0.4, 0.5) is 0 Å². The van der Waals surface area contributed by atoms with E-state index in [1.807, 2.05) is 6.92 Å². The molecule has 0 N–H and O–H groups in total. The van der Waals surface area contributed by atoms with Crippen molar-refractivity contribution in [2.45, 2.75) is 38.2 Å². The average molecular weight is 279 g/mol. The Morgan fingerprint density at radius 2 is 2.38 bits per heavy atom. The van der Waals surface area contributed by atoms with E-state index in [1.165, 1.54) is 4.88 Å². The molecule has 1 fully saturated rings. The predicted molar refractivity (Wildman–Crippen MR) is 70.8 cm³/mol. The van der Waals surface area contributed by atoms with Crippen LogP contribution in [0, 0.1) is 12.8 Å². The summed E-state index contributed by atoms with van der Waals surface area (Å²) in [4.78, 5) is 1.18. The van der Waals surface area contributed by atoms with Gasteiger partial charge in [0.1, 0.15) is 0 Å². The SMILES string of the molecule is CCC1OCCC1C(Cl)c1cc(C)c(Cl)s1. The number of hydrogen-bond acceptors (Lipinski definition) is 2. The van der Waals surface area contributed by atoms with Gasteiger partial charge in [0.15, 0.2) is 0 Å². The van der Waals surface area contributed by atoms with Crippen LogP contribution >= 0.6 is 34.5 Å². The maximum Gasteiger partial charge on any atom is 0.0960 e. The third kappa shape index (κ3) is 2.40. The molecule has 1 nitrogen and oxygen atoms in total. The Morgan fingerprint density at radius 3 is 2.94 bits per heavy atom. The van der Waals surface area contributed by atoms with Crippen molar-refractivity contribution < 1.29 is 4.74 Å². The molecule has 90 valence electrons.